The lowest BCUT2D eigenvalue weighted by molar-refractivity contribution is 0.0901. The van der Waals surface area contributed by atoms with E-state index < -0.39 is 0 Å². The monoisotopic (exact) mass is 259 g/mol. The fourth-order valence-electron chi connectivity index (χ4n) is 2.31. The topological polar surface area (TPSA) is 80.1 Å². The van der Waals surface area contributed by atoms with Gasteiger partial charge in [-0.2, -0.15) is 0 Å². The van der Waals surface area contributed by atoms with Crippen LogP contribution in [0.2, 0.25) is 0 Å². The van der Waals surface area contributed by atoms with Gasteiger partial charge in [-0.25, -0.2) is 0 Å². The molecule has 1 aliphatic carbocycles. The Bertz CT molecular complexity index is 620. The van der Waals surface area contributed by atoms with Gasteiger partial charge in [-0.1, -0.05) is 0 Å². The van der Waals surface area contributed by atoms with Crippen molar-refractivity contribution in [3.05, 3.63) is 30.0 Å². The van der Waals surface area contributed by atoms with Crippen LogP contribution in [0.5, 0.6) is 5.75 Å². The molecule has 1 aromatic carbocycles. The van der Waals surface area contributed by atoms with Crippen molar-refractivity contribution in [2.24, 2.45) is 5.73 Å². The standard InChI is InChI=1S/C14H17N3O2/c1-19-9-2-4-11-8(6-9)7-13(16-11)14(18)17-12-5-3-10(12)15/h2,4,6-7,10,12,16H,3,5,15H2,1H3,(H,17,18)/t10-,12+/m0/s1. The molecule has 1 saturated carbocycles. The van der Waals surface area contributed by atoms with E-state index in [4.69, 9.17) is 10.5 Å². The Kier molecular flexibility index (Phi) is 2.91. The van der Waals surface area contributed by atoms with Crippen molar-refractivity contribution >= 4 is 16.8 Å². The van der Waals surface area contributed by atoms with E-state index in [0.29, 0.717) is 5.69 Å². The Balaban J connectivity index is 1.82. The number of aromatic amines is 1. The number of benzene rings is 1. The maximum Gasteiger partial charge on any atom is 0.268 e. The molecule has 1 heterocycles. The molecule has 0 radical (unpaired) electrons. The van der Waals surface area contributed by atoms with Crippen molar-refractivity contribution in [3.8, 4) is 5.75 Å². The number of nitrogens with two attached hydrogens (primary N) is 1. The van der Waals surface area contributed by atoms with Crippen molar-refractivity contribution in [3.63, 3.8) is 0 Å². The third-order valence-electron chi connectivity index (χ3n) is 3.72. The van der Waals surface area contributed by atoms with E-state index in [2.05, 4.69) is 10.3 Å². The predicted molar refractivity (Wildman–Crippen MR) is 73.3 cm³/mol. The number of amides is 1. The highest BCUT2D eigenvalue weighted by molar-refractivity contribution is 5.98. The van der Waals surface area contributed by atoms with E-state index in [1.54, 1.807) is 7.11 Å². The van der Waals surface area contributed by atoms with Crippen LogP contribution in [0.4, 0.5) is 0 Å². The van der Waals surface area contributed by atoms with Crippen LogP contribution in [0.1, 0.15) is 23.3 Å². The molecule has 5 heteroatoms. The number of H-pyrrole nitrogens is 1. The zero-order valence-electron chi connectivity index (χ0n) is 10.8. The van der Waals surface area contributed by atoms with Crippen molar-refractivity contribution in [2.45, 2.75) is 24.9 Å². The molecule has 5 nitrogen and oxygen atoms in total. The Morgan fingerprint density at radius 3 is 2.89 bits per heavy atom. The number of rotatable bonds is 3. The van der Waals surface area contributed by atoms with Gasteiger partial charge in [0.15, 0.2) is 0 Å². The maximum absolute atomic E-state index is 12.1. The number of fused-ring (bicyclic) bond motifs is 1. The van der Waals surface area contributed by atoms with Crippen LogP contribution in [-0.2, 0) is 0 Å². The lowest BCUT2D eigenvalue weighted by Crippen LogP contribution is -2.54. The third-order valence-corrected chi connectivity index (χ3v) is 3.72. The quantitative estimate of drug-likeness (QED) is 0.779. The molecule has 3 rings (SSSR count). The second-order valence-corrected chi connectivity index (χ2v) is 4.96. The fourth-order valence-corrected chi connectivity index (χ4v) is 2.31. The first-order valence-corrected chi connectivity index (χ1v) is 6.40. The molecule has 4 N–H and O–H groups in total. The van der Waals surface area contributed by atoms with Crippen molar-refractivity contribution in [2.75, 3.05) is 7.11 Å². The fraction of sp³-hybridized carbons (Fsp3) is 0.357. The minimum Gasteiger partial charge on any atom is -0.497 e. The molecule has 1 fully saturated rings. The lowest BCUT2D eigenvalue weighted by Gasteiger charge is -2.33. The Morgan fingerprint density at radius 2 is 2.26 bits per heavy atom. The van der Waals surface area contributed by atoms with Crippen LogP contribution in [0.15, 0.2) is 24.3 Å². The SMILES string of the molecule is COc1ccc2[nH]c(C(=O)N[C@@H]3CC[C@@H]3N)cc2c1. The average Bonchev–Trinajstić information content (AvgIpc) is 2.85. The van der Waals surface area contributed by atoms with Gasteiger partial charge in [0, 0.05) is 23.0 Å². The van der Waals surface area contributed by atoms with E-state index in [9.17, 15) is 4.79 Å². The Morgan fingerprint density at radius 1 is 1.42 bits per heavy atom. The summed E-state index contributed by atoms with van der Waals surface area (Å²) >= 11 is 0. The number of aromatic nitrogens is 1. The molecule has 19 heavy (non-hydrogen) atoms. The van der Waals surface area contributed by atoms with E-state index >= 15 is 0 Å². The molecule has 1 amide bonds. The summed E-state index contributed by atoms with van der Waals surface area (Å²) in [6.07, 6.45) is 1.94. The Labute approximate surface area is 111 Å². The van der Waals surface area contributed by atoms with Gasteiger partial charge in [-0.15, -0.1) is 0 Å². The summed E-state index contributed by atoms with van der Waals surface area (Å²) in [5.41, 5.74) is 7.30. The molecule has 0 spiro atoms. The first-order chi connectivity index (χ1) is 9.17. The summed E-state index contributed by atoms with van der Waals surface area (Å²) in [5.74, 6) is 0.676. The van der Waals surface area contributed by atoms with Gasteiger partial charge in [0.05, 0.1) is 7.11 Å². The minimum absolute atomic E-state index is 0.0911. The van der Waals surface area contributed by atoms with Crippen LogP contribution < -0.4 is 15.8 Å². The number of carbonyl (C=O) groups excluding carboxylic acids is 1. The third kappa shape index (κ3) is 2.17. The summed E-state index contributed by atoms with van der Waals surface area (Å²) in [7, 11) is 1.62. The van der Waals surface area contributed by atoms with Crippen molar-refractivity contribution < 1.29 is 9.53 Å². The summed E-state index contributed by atoms with van der Waals surface area (Å²) < 4.78 is 5.17. The second-order valence-electron chi connectivity index (χ2n) is 4.96. The molecular formula is C14H17N3O2. The summed E-state index contributed by atoms with van der Waals surface area (Å²) in [6, 6.07) is 7.69. The number of ether oxygens (including phenoxy) is 1. The number of carbonyl (C=O) groups is 1. The van der Waals surface area contributed by atoms with Crippen LogP contribution >= 0.6 is 0 Å². The normalized spacial score (nSPS) is 22.0. The highest BCUT2D eigenvalue weighted by atomic mass is 16.5. The summed E-state index contributed by atoms with van der Waals surface area (Å²) in [5, 5.41) is 3.91. The van der Waals surface area contributed by atoms with E-state index in [-0.39, 0.29) is 18.0 Å². The second kappa shape index (κ2) is 4.59. The van der Waals surface area contributed by atoms with Gasteiger partial charge in [-0.05, 0) is 37.1 Å². The molecule has 0 bridgehead atoms. The largest absolute Gasteiger partial charge is 0.497 e. The first kappa shape index (κ1) is 12.0. The lowest BCUT2D eigenvalue weighted by atomic mass is 9.87. The molecule has 0 unspecified atom stereocenters. The molecule has 1 aromatic heterocycles. The van der Waals surface area contributed by atoms with Crippen LogP contribution in [0, 0.1) is 0 Å². The number of nitrogens with one attached hydrogen (secondary N) is 2. The number of hydrogen-bond donors (Lipinski definition) is 3. The smallest absolute Gasteiger partial charge is 0.268 e. The predicted octanol–water partition coefficient (Wildman–Crippen LogP) is 1.40. The van der Waals surface area contributed by atoms with Gasteiger partial charge in [0.2, 0.25) is 0 Å². The molecule has 1 aliphatic rings. The highest BCUT2D eigenvalue weighted by Gasteiger charge is 2.29. The van der Waals surface area contributed by atoms with Crippen molar-refractivity contribution in [1.29, 1.82) is 0 Å². The molecular weight excluding hydrogens is 242 g/mol. The van der Waals surface area contributed by atoms with Gasteiger partial charge in [0.25, 0.3) is 5.91 Å². The maximum atomic E-state index is 12.1. The van der Waals surface area contributed by atoms with Crippen molar-refractivity contribution in [1.82, 2.24) is 10.3 Å². The minimum atomic E-state index is -0.102. The van der Waals surface area contributed by atoms with E-state index in [1.165, 1.54) is 0 Å². The van der Waals surface area contributed by atoms with Gasteiger partial charge in [0.1, 0.15) is 11.4 Å². The molecule has 0 aliphatic heterocycles. The Hall–Kier alpha value is -2.01. The molecule has 100 valence electrons. The number of hydrogen-bond acceptors (Lipinski definition) is 3. The van der Waals surface area contributed by atoms with Gasteiger partial charge >= 0.3 is 0 Å². The summed E-state index contributed by atoms with van der Waals surface area (Å²) in [4.78, 5) is 15.2. The molecule has 0 saturated heterocycles. The average molecular weight is 259 g/mol. The van der Waals surface area contributed by atoms with Crippen LogP contribution in [-0.4, -0.2) is 30.1 Å². The van der Waals surface area contributed by atoms with Gasteiger partial charge < -0.3 is 20.8 Å². The number of methoxy groups -OCH3 is 1. The van der Waals surface area contributed by atoms with E-state index in [1.807, 2.05) is 24.3 Å². The van der Waals surface area contributed by atoms with Crippen LogP contribution in [0.3, 0.4) is 0 Å². The zero-order valence-corrected chi connectivity index (χ0v) is 10.8. The van der Waals surface area contributed by atoms with E-state index in [0.717, 1.165) is 29.5 Å². The zero-order chi connectivity index (χ0) is 13.4. The first-order valence-electron chi connectivity index (χ1n) is 6.40. The molecule has 2 aromatic rings. The van der Waals surface area contributed by atoms with Crippen LogP contribution in [0.25, 0.3) is 10.9 Å². The summed E-state index contributed by atoms with van der Waals surface area (Å²) in [6.45, 7) is 0. The molecule has 2 atom stereocenters. The van der Waals surface area contributed by atoms with Gasteiger partial charge in [-0.3, -0.25) is 4.79 Å². The highest BCUT2D eigenvalue weighted by Crippen LogP contribution is 2.22.